The lowest BCUT2D eigenvalue weighted by Crippen LogP contribution is -2.42. The highest BCUT2D eigenvalue weighted by Gasteiger charge is 2.25. The van der Waals surface area contributed by atoms with Gasteiger partial charge < -0.3 is 15.0 Å². The van der Waals surface area contributed by atoms with Crippen LogP contribution in [-0.4, -0.2) is 37.6 Å². The summed E-state index contributed by atoms with van der Waals surface area (Å²) in [5.41, 5.74) is 1.14. The van der Waals surface area contributed by atoms with Crippen molar-refractivity contribution in [2.75, 3.05) is 26.7 Å². The minimum atomic E-state index is 0. The minimum absolute atomic E-state index is 0. The Hall–Kier alpha value is -1.26. The van der Waals surface area contributed by atoms with Crippen molar-refractivity contribution in [2.24, 2.45) is 5.92 Å². The molecular weight excluding hydrogens is 288 g/mol. The lowest BCUT2D eigenvalue weighted by Gasteiger charge is -2.29. The maximum Gasteiger partial charge on any atom is 0.227 e. The molecule has 1 aromatic carbocycles. The molecule has 1 heterocycles. The van der Waals surface area contributed by atoms with E-state index in [2.05, 4.69) is 5.32 Å². The van der Waals surface area contributed by atoms with E-state index in [4.69, 9.17) is 4.74 Å². The van der Waals surface area contributed by atoms with Crippen molar-refractivity contribution >= 4 is 18.3 Å². The minimum Gasteiger partial charge on any atom is -0.497 e. The summed E-state index contributed by atoms with van der Waals surface area (Å²) in [5, 5.41) is 3.31. The highest BCUT2D eigenvalue weighted by atomic mass is 35.5. The lowest BCUT2D eigenvalue weighted by molar-refractivity contribution is -0.136. The molecule has 0 spiro atoms. The van der Waals surface area contributed by atoms with E-state index in [1.165, 1.54) is 0 Å². The van der Waals surface area contributed by atoms with Crippen molar-refractivity contribution in [2.45, 2.75) is 26.3 Å². The van der Waals surface area contributed by atoms with Gasteiger partial charge in [-0.3, -0.25) is 4.79 Å². The predicted molar refractivity (Wildman–Crippen MR) is 86.9 cm³/mol. The molecule has 1 fully saturated rings. The maximum absolute atomic E-state index is 12.5. The summed E-state index contributed by atoms with van der Waals surface area (Å²) in [6.45, 7) is 5.32. The molecule has 5 heteroatoms. The average molecular weight is 313 g/mol. The zero-order valence-electron chi connectivity index (χ0n) is 12.8. The quantitative estimate of drug-likeness (QED) is 0.908. The van der Waals surface area contributed by atoms with Gasteiger partial charge in [-0.1, -0.05) is 12.1 Å². The van der Waals surface area contributed by atoms with E-state index in [1.54, 1.807) is 7.11 Å². The van der Waals surface area contributed by atoms with E-state index in [0.717, 1.165) is 43.8 Å². The van der Waals surface area contributed by atoms with E-state index >= 15 is 0 Å². The number of halogens is 1. The zero-order chi connectivity index (χ0) is 14.4. The summed E-state index contributed by atoms with van der Waals surface area (Å²) in [6, 6.07) is 7.92. The van der Waals surface area contributed by atoms with Crippen molar-refractivity contribution in [1.82, 2.24) is 10.2 Å². The fourth-order valence-electron chi connectivity index (χ4n) is 2.62. The van der Waals surface area contributed by atoms with Crippen LogP contribution in [0.25, 0.3) is 0 Å². The molecule has 4 nitrogen and oxygen atoms in total. The van der Waals surface area contributed by atoms with Gasteiger partial charge in [0.05, 0.1) is 13.0 Å². The number of methoxy groups -OCH3 is 1. The van der Waals surface area contributed by atoms with E-state index in [1.807, 2.05) is 36.1 Å². The van der Waals surface area contributed by atoms with Gasteiger partial charge in [-0.25, -0.2) is 0 Å². The highest BCUT2D eigenvalue weighted by molar-refractivity contribution is 5.85. The molecule has 21 heavy (non-hydrogen) atoms. The fourth-order valence-corrected chi connectivity index (χ4v) is 2.62. The van der Waals surface area contributed by atoms with Gasteiger partial charge >= 0.3 is 0 Å². The molecule has 2 rings (SSSR count). The molecule has 118 valence electrons. The van der Waals surface area contributed by atoms with Crippen molar-refractivity contribution in [3.63, 3.8) is 0 Å². The molecule has 0 unspecified atom stereocenters. The van der Waals surface area contributed by atoms with Gasteiger partial charge in [0.25, 0.3) is 0 Å². The Morgan fingerprint density at radius 3 is 2.62 bits per heavy atom. The molecule has 1 aliphatic rings. The Bertz CT molecular complexity index is 430. The summed E-state index contributed by atoms with van der Waals surface area (Å²) in [4.78, 5) is 14.5. The van der Waals surface area contributed by atoms with E-state index < -0.39 is 0 Å². The predicted octanol–water partition coefficient (Wildman–Crippen LogP) is 2.47. The molecule has 0 saturated carbocycles. The van der Waals surface area contributed by atoms with Crippen molar-refractivity contribution < 1.29 is 9.53 Å². The standard InChI is InChI=1S/C16H24N2O2.ClH/c1-3-18(16(19)14-5-4-10-17-11-14)12-13-6-8-15(20-2)9-7-13;/h6-9,14,17H,3-5,10-12H2,1-2H3;1H/t14-;/m1./s1. The smallest absolute Gasteiger partial charge is 0.227 e. The van der Waals surface area contributed by atoms with E-state index in [0.29, 0.717) is 6.54 Å². The third-order valence-corrected chi connectivity index (χ3v) is 3.87. The Labute approximate surface area is 133 Å². The first-order valence-electron chi connectivity index (χ1n) is 7.37. The second-order valence-corrected chi connectivity index (χ2v) is 5.24. The second-order valence-electron chi connectivity index (χ2n) is 5.24. The van der Waals surface area contributed by atoms with Gasteiger partial charge in [0.15, 0.2) is 0 Å². The van der Waals surface area contributed by atoms with Crippen LogP contribution in [0.4, 0.5) is 0 Å². The third-order valence-electron chi connectivity index (χ3n) is 3.87. The molecule has 0 radical (unpaired) electrons. The summed E-state index contributed by atoms with van der Waals surface area (Å²) < 4.78 is 5.15. The number of amides is 1. The van der Waals surface area contributed by atoms with Crippen LogP contribution in [0.2, 0.25) is 0 Å². The van der Waals surface area contributed by atoms with Gasteiger partial charge in [0, 0.05) is 19.6 Å². The van der Waals surface area contributed by atoms with E-state index in [9.17, 15) is 4.79 Å². The molecule has 1 atom stereocenters. The maximum atomic E-state index is 12.5. The molecule has 0 aliphatic carbocycles. The monoisotopic (exact) mass is 312 g/mol. The van der Waals surface area contributed by atoms with Crippen LogP contribution < -0.4 is 10.1 Å². The molecule has 1 aromatic rings. The van der Waals surface area contributed by atoms with Gasteiger partial charge in [0.1, 0.15) is 5.75 Å². The summed E-state index contributed by atoms with van der Waals surface area (Å²) in [5.74, 6) is 1.26. The molecule has 1 saturated heterocycles. The topological polar surface area (TPSA) is 41.6 Å². The van der Waals surface area contributed by atoms with Crippen LogP contribution in [0.3, 0.4) is 0 Å². The molecule has 0 bridgehead atoms. The Kier molecular flexibility index (Phi) is 7.54. The fraction of sp³-hybridized carbons (Fsp3) is 0.562. The van der Waals surface area contributed by atoms with Crippen LogP contribution in [0.5, 0.6) is 5.75 Å². The molecular formula is C16H25ClN2O2. The first kappa shape index (κ1) is 17.8. The Morgan fingerprint density at radius 1 is 1.38 bits per heavy atom. The summed E-state index contributed by atoms with van der Waals surface area (Å²) >= 11 is 0. The zero-order valence-corrected chi connectivity index (χ0v) is 13.6. The number of hydrogen-bond acceptors (Lipinski definition) is 3. The number of piperidine rings is 1. The molecule has 0 aromatic heterocycles. The largest absolute Gasteiger partial charge is 0.497 e. The van der Waals surface area contributed by atoms with Crippen LogP contribution >= 0.6 is 12.4 Å². The second kappa shape index (κ2) is 8.90. The first-order valence-corrected chi connectivity index (χ1v) is 7.37. The van der Waals surface area contributed by atoms with Gasteiger partial charge in [-0.2, -0.15) is 0 Å². The number of rotatable bonds is 5. The SMILES string of the molecule is CCN(Cc1ccc(OC)cc1)C(=O)[C@@H]1CCCNC1.Cl. The third kappa shape index (κ3) is 4.90. The van der Waals surface area contributed by atoms with Crippen LogP contribution in [0.1, 0.15) is 25.3 Å². The lowest BCUT2D eigenvalue weighted by atomic mass is 9.98. The number of carbonyl (C=O) groups is 1. The number of carbonyl (C=O) groups excluding carboxylic acids is 1. The number of hydrogen-bond donors (Lipinski definition) is 1. The number of benzene rings is 1. The van der Waals surface area contributed by atoms with Gasteiger partial charge in [-0.15, -0.1) is 12.4 Å². The average Bonchev–Trinajstić information content (AvgIpc) is 2.53. The number of nitrogens with zero attached hydrogens (tertiary/aromatic N) is 1. The molecule has 1 amide bonds. The molecule has 1 N–H and O–H groups in total. The van der Waals surface area contributed by atoms with Crippen molar-refractivity contribution in [3.05, 3.63) is 29.8 Å². The Balaban J connectivity index is 0.00000220. The highest BCUT2D eigenvalue weighted by Crippen LogP contribution is 2.17. The van der Waals surface area contributed by atoms with Crippen molar-refractivity contribution in [1.29, 1.82) is 0 Å². The van der Waals surface area contributed by atoms with Gasteiger partial charge in [-0.05, 0) is 44.0 Å². The first-order chi connectivity index (χ1) is 9.74. The number of ether oxygens (including phenoxy) is 1. The Morgan fingerprint density at radius 2 is 2.10 bits per heavy atom. The van der Waals surface area contributed by atoms with Gasteiger partial charge in [0.2, 0.25) is 5.91 Å². The van der Waals surface area contributed by atoms with E-state index in [-0.39, 0.29) is 24.2 Å². The van der Waals surface area contributed by atoms with Crippen LogP contribution in [-0.2, 0) is 11.3 Å². The van der Waals surface area contributed by atoms with Crippen LogP contribution in [0.15, 0.2) is 24.3 Å². The normalized spacial score (nSPS) is 17.7. The summed E-state index contributed by atoms with van der Waals surface area (Å²) in [6.07, 6.45) is 2.10. The number of nitrogens with one attached hydrogen (secondary N) is 1. The van der Waals surface area contributed by atoms with Crippen molar-refractivity contribution in [3.8, 4) is 5.75 Å². The molecule has 1 aliphatic heterocycles. The van der Waals surface area contributed by atoms with Crippen LogP contribution in [0, 0.1) is 5.92 Å². The summed E-state index contributed by atoms with van der Waals surface area (Å²) in [7, 11) is 1.66.